The van der Waals surface area contributed by atoms with Crippen LogP contribution >= 0.6 is 71.0 Å². The van der Waals surface area contributed by atoms with Gasteiger partial charge in [-0.2, -0.15) is 0 Å². The molecule has 6 rings (SSSR count). The molecule has 4 atom stereocenters. The fourth-order valence-corrected chi connectivity index (χ4v) is 8.12. The summed E-state index contributed by atoms with van der Waals surface area (Å²) >= 11 is 23.0. The lowest BCUT2D eigenvalue weighted by atomic mass is 9.81. The number of fused-ring (bicyclic) bond motifs is 2. The van der Waals surface area contributed by atoms with Crippen LogP contribution in [0.1, 0.15) is 39.1 Å². The number of alkyl halides is 2. The van der Waals surface area contributed by atoms with Crippen molar-refractivity contribution in [1.29, 1.82) is 0 Å². The van der Waals surface area contributed by atoms with Gasteiger partial charge in [-0.1, -0.05) is 67.2 Å². The molecule has 1 saturated carbocycles. The van der Waals surface area contributed by atoms with E-state index in [0.29, 0.717) is 55.7 Å². The van der Waals surface area contributed by atoms with E-state index in [9.17, 15) is 29.3 Å². The van der Waals surface area contributed by atoms with Gasteiger partial charge in [0.1, 0.15) is 5.02 Å². The van der Waals surface area contributed by atoms with Crippen LogP contribution in [0.25, 0.3) is 22.2 Å². The Morgan fingerprint density at radius 1 is 1.00 bits per heavy atom. The number of anilines is 1. The molecular weight excluding hydrogens is 861 g/mol. The lowest BCUT2D eigenvalue weighted by Gasteiger charge is -2.29. The van der Waals surface area contributed by atoms with Crippen molar-refractivity contribution < 1.29 is 28.8 Å². The van der Waals surface area contributed by atoms with E-state index >= 15 is 0 Å². The standard InChI is InChI=1S/C33H22Br3Cl2N3O7/c1-14-29(38)24(36)9-18-21(33(45)48-13-28(42)16-4-7-25(37)27(8-16)41(46)47)12-26(39-30(14)18)15-2-5-17(6-3-15)40-31(43)19-10-22(34)23(35)11-20(19)32(40)44/h2-9,12,19-20,22-23H,10-11,13H2,1H3. The van der Waals surface area contributed by atoms with Crippen LogP contribution in [-0.4, -0.2) is 49.7 Å². The number of carbonyl (C=O) groups excluding carboxylic acids is 4. The molecule has 0 radical (unpaired) electrons. The molecule has 1 aliphatic carbocycles. The molecule has 2 amide bonds. The van der Waals surface area contributed by atoms with E-state index < -0.39 is 29.0 Å². The fourth-order valence-electron chi connectivity index (χ4n) is 6.03. The molecule has 246 valence electrons. The summed E-state index contributed by atoms with van der Waals surface area (Å²) in [6, 6.07) is 13.4. The minimum atomic E-state index is -0.836. The van der Waals surface area contributed by atoms with Crippen molar-refractivity contribution in [3.05, 3.63) is 95.9 Å². The SMILES string of the molecule is Cc1c(Cl)c(Br)cc2c(C(=O)OCC(=O)c3ccc(Cl)c([N+](=O)[O-])c3)cc(-c3ccc(N4C(=O)C5CC(Br)C(Br)CC5C4=O)cc3)nc12. The van der Waals surface area contributed by atoms with Crippen molar-refractivity contribution in [2.75, 3.05) is 11.5 Å². The van der Waals surface area contributed by atoms with Crippen LogP contribution in [0.15, 0.2) is 59.1 Å². The minimum Gasteiger partial charge on any atom is -0.454 e. The van der Waals surface area contributed by atoms with E-state index in [4.69, 9.17) is 32.9 Å². The number of carbonyl (C=O) groups is 4. The third-order valence-corrected chi connectivity index (χ3v) is 13.0. The Kier molecular flexibility index (Phi) is 9.80. The Morgan fingerprint density at radius 3 is 2.23 bits per heavy atom. The molecule has 1 aliphatic heterocycles. The molecule has 10 nitrogen and oxygen atoms in total. The number of nitro benzene ring substituents is 1. The number of nitrogens with zero attached hydrogens (tertiary/aromatic N) is 3. The van der Waals surface area contributed by atoms with Crippen molar-refractivity contribution in [3.63, 3.8) is 0 Å². The number of halogens is 5. The van der Waals surface area contributed by atoms with Crippen LogP contribution in [0.4, 0.5) is 11.4 Å². The highest BCUT2D eigenvalue weighted by molar-refractivity contribution is 9.12. The number of rotatable bonds is 7. The lowest BCUT2D eigenvalue weighted by molar-refractivity contribution is -0.384. The average molecular weight is 883 g/mol. The average Bonchev–Trinajstić information content (AvgIpc) is 3.30. The number of pyridine rings is 1. The van der Waals surface area contributed by atoms with Crippen LogP contribution in [-0.2, 0) is 14.3 Å². The van der Waals surface area contributed by atoms with Crippen molar-refractivity contribution in [2.45, 2.75) is 29.4 Å². The van der Waals surface area contributed by atoms with Gasteiger partial charge in [0, 0.05) is 36.7 Å². The van der Waals surface area contributed by atoms with Crippen LogP contribution in [0.3, 0.4) is 0 Å². The molecule has 2 fully saturated rings. The number of amides is 2. The number of ketones is 1. The smallest absolute Gasteiger partial charge is 0.339 e. The molecule has 48 heavy (non-hydrogen) atoms. The van der Waals surface area contributed by atoms with E-state index in [-0.39, 0.29) is 49.5 Å². The molecule has 2 aliphatic rings. The number of aryl methyl sites for hydroxylation is 1. The lowest BCUT2D eigenvalue weighted by Crippen LogP contribution is -2.34. The van der Waals surface area contributed by atoms with Crippen LogP contribution in [0.5, 0.6) is 0 Å². The Hall–Kier alpha value is -3.23. The van der Waals surface area contributed by atoms with Gasteiger partial charge >= 0.3 is 5.97 Å². The molecule has 0 spiro atoms. The molecule has 4 unspecified atom stereocenters. The van der Waals surface area contributed by atoms with Crippen LogP contribution < -0.4 is 4.90 Å². The predicted octanol–water partition coefficient (Wildman–Crippen LogP) is 8.65. The number of esters is 1. The maximum absolute atomic E-state index is 13.5. The Balaban J connectivity index is 1.31. The molecule has 0 N–H and O–H groups in total. The molecule has 15 heteroatoms. The summed E-state index contributed by atoms with van der Waals surface area (Å²) in [5.41, 5.74) is 2.00. The molecule has 3 aromatic carbocycles. The second kappa shape index (κ2) is 13.6. The largest absolute Gasteiger partial charge is 0.454 e. The number of hydrogen-bond donors (Lipinski definition) is 0. The molecule has 0 bridgehead atoms. The Labute approximate surface area is 308 Å². The quantitative estimate of drug-likeness (QED) is 0.0450. The Bertz CT molecular complexity index is 2030. The van der Waals surface area contributed by atoms with Crippen molar-refractivity contribution in [2.24, 2.45) is 11.8 Å². The first-order chi connectivity index (χ1) is 22.8. The summed E-state index contributed by atoms with van der Waals surface area (Å²) < 4.78 is 5.92. The van der Waals surface area contributed by atoms with Gasteiger partial charge in [0.15, 0.2) is 6.61 Å². The number of imide groups is 1. The summed E-state index contributed by atoms with van der Waals surface area (Å²) in [7, 11) is 0. The summed E-state index contributed by atoms with van der Waals surface area (Å²) in [6.45, 7) is 1.06. The third kappa shape index (κ3) is 6.31. The van der Waals surface area contributed by atoms with Crippen molar-refractivity contribution in [1.82, 2.24) is 4.98 Å². The fraction of sp³-hybridized carbons (Fsp3) is 0.242. The van der Waals surface area contributed by atoms with Gasteiger partial charge in [0.2, 0.25) is 17.6 Å². The van der Waals surface area contributed by atoms with Crippen LogP contribution in [0, 0.1) is 28.9 Å². The van der Waals surface area contributed by atoms with Gasteiger partial charge in [-0.15, -0.1) is 0 Å². The zero-order chi connectivity index (χ0) is 34.6. The van der Waals surface area contributed by atoms with E-state index in [1.165, 1.54) is 23.1 Å². The summed E-state index contributed by atoms with van der Waals surface area (Å²) in [5.74, 6) is -2.73. The minimum absolute atomic E-state index is 0.0436. The molecule has 4 aromatic rings. The third-order valence-electron chi connectivity index (χ3n) is 8.58. The normalized spacial score (nSPS) is 20.6. The zero-order valence-electron chi connectivity index (χ0n) is 24.7. The second-order valence-electron chi connectivity index (χ2n) is 11.4. The van der Waals surface area contributed by atoms with E-state index in [0.717, 1.165) is 6.07 Å². The summed E-state index contributed by atoms with van der Waals surface area (Å²) in [5, 5.41) is 11.9. The number of ether oxygens (including phenoxy) is 1. The van der Waals surface area contributed by atoms with Gasteiger partial charge in [-0.3, -0.25) is 29.4 Å². The number of Topliss-reactive ketones (excluding diaryl/α,β-unsaturated/α-hetero) is 1. The van der Waals surface area contributed by atoms with E-state index in [1.807, 2.05) is 0 Å². The highest BCUT2D eigenvalue weighted by Crippen LogP contribution is 2.45. The first kappa shape index (κ1) is 34.6. The summed E-state index contributed by atoms with van der Waals surface area (Å²) in [4.78, 5) is 69.7. The second-order valence-corrected chi connectivity index (χ2v) is 15.4. The molecule has 2 heterocycles. The number of benzene rings is 3. The number of hydrogen-bond acceptors (Lipinski definition) is 8. The predicted molar refractivity (Wildman–Crippen MR) is 191 cm³/mol. The monoisotopic (exact) mass is 879 g/mol. The maximum atomic E-state index is 13.5. The van der Waals surface area contributed by atoms with E-state index in [2.05, 4.69) is 47.8 Å². The Morgan fingerprint density at radius 2 is 1.62 bits per heavy atom. The van der Waals surface area contributed by atoms with Gasteiger partial charge in [-0.05, 0) is 77.7 Å². The first-order valence-corrected chi connectivity index (χ1v) is 17.8. The summed E-state index contributed by atoms with van der Waals surface area (Å²) in [6.07, 6.45) is 1.12. The highest BCUT2D eigenvalue weighted by atomic mass is 79.9. The van der Waals surface area contributed by atoms with Gasteiger partial charge < -0.3 is 4.74 Å². The number of nitro groups is 1. The van der Waals surface area contributed by atoms with Crippen molar-refractivity contribution >= 4 is 117 Å². The van der Waals surface area contributed by atoms with Gasteiger partial charge in [0.25, 0.3) is 5.69 Å². The topological polar surface area (TPSA) is 137 Å². The first-order valence-electron chi connectivity index (χ1n) is 14.5. The van der Waals surface area contributed by atoms with Gasteiger partial charge in [-0.25, -0.2) is 9.78 Å². The van der Waals surface area contributed by atoms with E-state index in [1.54, 1.807) is 37.3 Å². The highest BCUT2D eigenvalue weighted by Gasteiger charge is 2.52. The van der Waals surface area contributed by atoms with Crippen LogP contribution in [0.2, 0.25) is 10.0 Å². The molecular formula is C33H22Br3Cl2N3O7. The zero-order valence-corrected chi connectivity index (χ0v) is 31.0. The molecule has 1 saturated heterocycles. The molecule has 1 aromatic heterocycles. The maximum Gasteiger partial charge on any atom is 0.339 e. The number of aromatic nitrogens is 1. The van der Waals surface area contributed by atoms with Gasteiger partial charge in [0.05, 0.1) is 44.2 Å². The van der Waals surface area contributed by atoms with Crippen molar-refractivity contribution in [3.8, 4) is 11.3 Å².